The van der Waals surface area contributed by atoms with E-state index in [-0.39, 0.29) is 25.8 Å². The number of halogens is 6. The van der Waals surface area contributed by atoms with Gasteiger partial charge in [-0.05, 0) is 0 Å². The fraction of sp³-hybridized carbons (Fsp3) is 0.688. The van der Waals surface area contributed by atoms with Gasteiger partial charge in [0.05, 0.1) is 0 Å². The van der Waals surface area contributed by atoms with Crippen molar-refractivity contribution in [3.63, 3.8) is 0 Å². The quantitative estimate of drug-likeness (QED) is 0.224. The van der Waals surface area contributed by atoms with Gasteiger partial charge in [-0.25, -0.2) is 12.1 Å². The first-order valence-corrected chi connectivity index (χ1v) is 9.99. The van der Waals surface area contributed by atoms with E-state index in [1.807, 2.05) is 20.8 Å². The number of hydrogen-bond donors (Lipinski definition) is 0. The van der Waals surface area contributed by atoms with Crippen molar-refractivity contribution in [3.05, 3.63) is 41.5 Å². The molecular formula is C16H29F6HfN3Si. The second-order valence-corrected chi connectivity index (χ2v) is 7.83. The smallest absolute Gasteiger partial charge is 0.677 e. The van der Waals surface area contributed by atoms with E-state index >= 15 is 0 Å². The molecule has 158 valence electrons. The number of rotatable bonds is 4. The fourth-order valence-corrected chi connectivity index (χ4v) is 2.88. The molecule has 0 unspecified atom stereocenters. The van der Waals surface area contributed by atoms with Crippen LogP contribution in [0.15, 0.2) is 24.3 Å². The van der Waals surface area contributed by atoms with Crippen molar-refractivity contribution in [2.75, 3.05) is 19.6 Å². The molecule has 1 aromatic carbocycles. The molecule has 3 N–H and O–H groups in total. The minimum Gasteiger partial charge on any atom is -0.677 e. The maximum atomic E-state index is 12.1. The predicted molar refractivity (Wildman–Crippen MR) is 99.4 cm³/mol. The molecule has 0 heterocycles. The Labute approximate surface area is 178 Å². The zero-order chi connectivity index (χ0) is 21.2. The molecule has 0 saturated heterocycles. The van der Waals surface area contributed by atoms with Crippen LogP contribution in [-0.2, 0) is 25.8 Å². The third-order valence-corrected chi connectivity index (χ3v) is 4.79. The minimum atomic E-state index is -5.16. The molecule has 11 heteroatoms. The summed E-state index contributed by atoms with van der Waals surface area (Å²) in [5, 5.41) is -0.634. The van der Waals surface area contributed by atoms with Gasteiger partial charge in [-0.2, -0.15) is 58.1 Å². The fourth-order valence-electron chi connectivity index (χ4n) is 1.14. The van der Waals surface area contributed by atoms with Gasteiger partial charge in [0.2, 0.25) is 0 Å². The van der Waals surface area contributed by atoms with E-state index in [0.717, 1.165) is 31.4 Å². The van der Waals surface area contributed by atoms with Crippen LogP contribution in [0.4, 0.5) is 26.3 Å². The molecular weight excluding hydrogens is 555 g/mol. The molecule has 0 fully saturated rings. The molecule has 1 aromatic rings. The Kier molecular flexibility index (Phi) is 26.3. The van der Waals surface area contributed by atoms with Crippen LogP contribution in [0.1, 0.15) is 40.0 Å². The van der Waals surface area contributed by atoms with Crippen molar-refractivity contribution in [1.29, 1.82) is 0 Å². The van der Waals surface area contributed by atoms with E-state index in [2.05, 4.69) is 0 Å². The molecule has 0 saturated carbocycles. The predicted octanol–water partition coefficient (Wildman–Crippen LogP) is 6.39. The summed E-state index contributed by atoms with van der Waals surface area (Å²) in [6, 6.07) is 4.09. The second-order valence-electron chi connectivity index (χ2n) is 4.98. The summed E-state index contributed by atoms with van der Waals surface area (Å²) < 4.78 is 72.7. The maximum Gasteiger partial charge on any atom is 4.00 e. The molecule has 0 aliphatic carbocycles. The van der Waals surface area contributed by atoms with Gasteiger partial charge in [0, 0.05) is 0 Å². The Bertz CT molecular complexity index is 357. The van der Waals surface area contributed by atoms with Crippen LogP contribution in [0.3, 0.4) is 0 Å². The van der Waals surface area contributed by atoms with E-state index in [4.69, 9.17) is 17.2 Å². The van der Waals surface area contributed by atoms with Gasteiger partial charge in [0.1, 0.15) is 0 Å². The van der Waals surface area contributed by atoms with E-state index in [1.165, 1.54) is 12.1 Å². The van der Waals surface area contributed by atoms with Crippen LogP contribution >= 0.6 is 0 Å². The average Bonchev–Trinajstić information content (AvgIpc) is 3.06. The second kappa shape index (κ2) is 20.6. The molecule has 27 heavy (non-hydrogen) atoms. The molecule has 0 amide bonds. The van der Waals surface area contributed by atoms with Crippen molar-refractivity contribution >= 4 is 14.0 Å². The summed E-state index contributed by atoms with van der Waals surface area (Å²) >= 11 is 0. The monoisotopic (exact) mass is 585 g/mol. The van der Waals surface area contributed by atoms with Crippen molar-refractivity contribution in [2.24, 2.45) is 0 Å². The third-order valence-electron chi connectivity index (χ3n) is 2.43. The van der Waals surface area contributed by atoms with Gasteiger partial charge in [-0.15, -0.1) is 5.19 Å². The number of hydrogen-bond acceptors (Lipinski definition) is 0. The number of alkyl halides is 6. The zero-order valence-corrected chi connectivity index (χ0v) is 20.6. The summed E-state index contributed by atoms with van der Waals surface area (Å²) in [5.74, 6) is -10.3. The first-order valence-electron chi connectivity index (χ1n) is 8.26. The third kappa shape index (κ3) is 22.1. The molecule has 0 aliphatic rings. The molecule has 0 radical (unpaired) electrons. The summed E-state index contributed by atoms with van der Waals surface area (Å²) in [7, 11) is -4.92. The zero-order valence-electron chi connectivity index (χ0n) is 15.9. The van der Waals surface area contributed by atoms with Crippen molar-refractivity contribution in [3.8, 4) is 0 Å². The van der Waals surface area contributed by atoms with Gasteiger partial charge in [-0.3, -0.25) is 0 Å². The summed E-state index contributed by atoms with van der Waals surface area (Å²) in [6.45, 7) is 7.69. The van der Waals surface area contributed by atoms with Crippen molar-refractivity contribution in [1.82, 2.24) is 0 Å². The van der Waals surface area contributed by atoms with Crippen LogP contribution in [0.2, 0.25) is 0 Å². The normalized spacial score (nSPS) is 10.4. The maximum absolute atomic E-state index is 12.1. The molecule has 0 aromatic heterocycles. The van der Waals surface area contributed by atoms with Crippen LogP contribution in [0.5, 0.6) is 0 Å². The average molecular weight is 584 g/mol. The van der Waals surface area contributed by atoms with Crippen LogP contribution in [-0.4, -0.2) is 40.0 Å². The molecule has 0 bridgehead atoms. The Hall–Kier alpha value is -0.103. The first-order chi connectivity index (χ1) is 12.0. The largest absolute Gasteiger partial charge is 4.00 e. The van der Waals surface area contributed by atoms with Crippen molar-refractivity contribution in [2.45, 2.75) is 51.6 Å². The van der Waals surface area contributed by atoms with Gasteiger partial charge in [0.15, 0.2) is 0 Å². The molecule has 1 rings (SSSR count). The molecule has 0 spiro atoms. The van der Waals surface area contributed by atoms with Gasteiger partial charge in [0.25, 0.3) is 8.80 Å². The Morgan fingerprint density at radius 1 is 0.704 bits per heavy atom. The van der Waals surface area contributed by atoms with Gasteiger partial charge in [-0.1, -0.05) is 40.0 Å². The topological polar surface area (TPSA) is 71.4 Å². The van der Waals surface area contributed by atoms with Crippen LogP contribution < -0.4 is 5.19 Å². The van der Waals surface area contributed by atoms with E-state index in [9.17, 15) is 26.3 Å². The molecule has 0 atom stereocenters. The first kappa shape index (κ1) is 34.4. The SMILES string of the molecule is CCC[NH-].CCC[NH-].CCC[NH-].FC(F)(F)[SiH]([c-]1cccc1)C(F)(F)F.[Hf+4]. The summed E-state index contributed by atoms with van der Waals surface area (Å²) in [5.41, 5.74) is 19.4. The van der Waals surface area contributed by atoms with Crippen LogP contribution in [0.25, 0.3) is 17.2 Å². The minimum absolute atomic E-state index is 0. The molecule has 3 nitrogen and oxygen atoms in total. The standard InChI is InChI=1S/C7H5F6Si.3C3H8N.Hf/c8-6(9,10)14(7(11,12)13)5-3-1-2-4-5;3*1-2-3-4;/h1-4,14H;3*4H,2-3H2,1H3;/q4*-1;+4. The molecule has 0 aliphatic heterocycles. The van der Waals surface area contributed by atoms with Gasteiger partial charge >= 0.3 is 37.4 Å². The van der Waals surface area contributed by atoms with E-state index in [1.54, 1.807) is 0 Å². The Morgan fingerprint density at radius 3 is 1.07 bits per heavy atom. The summed E-state index contributed by atoms with van der Waals surface area (Å²) in [4.78, 5) is 0. The summed E-state index contributed by atoms with van der Waals surface area (Å²) in [6.07, 6.45) is 2.96. The Morgan fingerprint density at radius 2 is 0.926 bits per heavy atom. The van der Waals surface area contributed by atoms with Gasteiger partial charge < -0.3 is 17.2 Å². The number of nitrogens with one attached hydrogen (secondary N) is 3. The van der Waals surface area contributed by atoms with E-state index < -0.39 is 25.6 Å². The van der Waals surface area contributed by atoms with E-state index in [0.29, 0.717) is 19.6 Å². The Balaban J connectivity index is -0.000000169. The van der Waals surface area contributed by atoms with Crippen LogP contribution in [0, 0.1) is 0 Å². The van der Waals surface area contributed by atoms with Crippen molar-refractivity contribution < 1.29 is 52.2 Å².